The maximum atomic E-state index is 12.2. The summed E-state index contributed by atoms with van der Waals surface area (Å²) in [5, 5.41) is 0.810. The van der Waals surface area contributed by atoms with Crippen molar-refractivity contribution in [3.8, 4) is 11.3 Å². The Morgan fingerprint density at radius 1 is 1.16 bits per heavy atom. The quantitative estimate of drug-likeness (QED) is 0.571. The van der Waals surface area contributed by atoms with Crippen LogP contribution in [0.3, 0.4) is 0 Å². The molecule has 5 nitrogen and oxygen atoms in total. The van der Waals surface area contributed by atoms with Gasteiger partial charge in [0.25, 0.3) is 5.56 Å². The van der Waals surface area contributed by atoms with Crippen molar-refractivity contribution in [2.24, 2.45) is 0 Å². The Kier molecular flexibility index (Phi) is 4.11. The van der Waals surface area contributed by atoms with Crippen LogP contribution in [0.1, 0.15) is 11.3 Å². The number of benzene rings is 1. The number of imidazole rings is 1. The summed E-state index contributed by atoms with van der Waals surface area (Å²) in [6.07, 6.45) is 3.63. The summed E-state index contributed by atoms with van der Waals surface area (Å²) in [4.78, 5) is 24.5. The van der Waals surface area contributed by atoms with Gasteiger partial charge in [0.05, 0.1) is 17.6 Å². The predicted octanol–water partition coefficient (Wildman–Crippen LogP) is 3.69. The number of aromatic amines is 1. The molecule has 1 N–H and O–H groups in total. The van der Waals surface area contributed by atoms with Crippen molar-refractivity contribution >= 4 is 17.4 Å². The molecule has 4 aromatic rings. The van der Waals surface area contributed by atoms with Gasteiger partial charge < -0.3 is 4.98 Å². The number of nitrogens with zero attached hydrogens (tertiary/aromatic N) is 3. The van der Waals surface area contributed by atoms with E-state index in [4.69, 9.17) is 0 Å². The zero-order chi connectivity index (χ0) is 17.2. The molecule has 0 unspecified atom stereocenters. The van der Waals surface area contributed by atoms with Crippen LogP contribution >= 0.6 is 11.8 Å². The second kappa shape index (κ2) is 6.57. The van der Waals surface area contributed by atoms with E-state index in [2.05, 4.69) is 15.0 Å². The molecule has 25 heavy (non-hydrogen) atoms. The minimum absolute atomic E-state index is 0.0614. The molecule has 3 heterocycles. The fourth-order valence-corrected chi connectivity index (χ4v) is 3.36. The van der Waals surface area contributed by atoms with Crippen LogP contribution < -0.4 is 5.56 Å². The highest BCUT2D eigenvalue weighted by Crippen LogP contribution is 2.23. The molecule has 0 saturated heterocycles. The molecule has 1 aromatic carbocycles. The Morgan fingerprint density at radius 3 is 2.84 bits per heavy atom. The molecule has 124 valence electrons. The van der Waals surface area contributed by atoms with Crippen molar-refractivity contribution < 1.29 is 0 Å². The van der Waals surface area contributed by atoms with E-state index in [-0.39, 0.29) is 5.56 Å². The topological polar surface area (TPSA) is 63.0 Å². The molecule has 0 aliphatic rings. The molecule has 0 atom stereocenters. The monoisotopic (exact) mass is 348 g/mol. The number of H-pyrrole nitrogens is 1. The van der Waals surface area contributed by atoms with Crippen LogP contribution in [-0.4, -0.2) is 19.4 Å². The Hall–Kier alpha value is -2.86. The van der Waals surface area contributed by atoms with Gasteiger partial charge in [-0.3, -0.25) is 9.20 Å². The number of hydrogen-bond donors (Lipinski definition) is 1. The molecule has 0 fully saturated rings. The van der Waals surface area contributed by atoms with Gasteiger partial charge in [-0.2, -0.15) is 0 Å². The van der Waals surface area contributed by atoms with E-state index in [1.165, 1.54) is 11.8 Å². The molecule has 0 bridgehead atoms. The first-order valence-electron chi connectivity index (χ1n) is 7.91. The van der Waals surface area contributed by atoms with Crippen molar-refractivity contribution in [2.75, 3.05) is 0 Å². The third-order valence-electron chi connectivity index (χ3n) is 3.85. The van der Waals surface area contributed by atoms with Gasteiger partial charge in [-0.05, 0) is 24.1 Å². The minimum atomic E-state index is -0.0614. The predicted molar refractivity (Wildman–Crippen MR) is 99.8 cm³/mol. The Morgan fingerprint density at radius 2 is 2.00 bits per heavy atom. The average molecular weight is 348 g/mol. The molecular formula is C19H16N4OS. The Balaban J connectivity index is 1.54. The summed E-state index contributed by atoms with van der Waals surface area (Å²) < 4.78 is 1.57. The van der Waals surface area contributed by atoms with E-state index in [0.717, 1.165) is 27.7 Å². The number of aromatic nitrogens is 4. The number of pyridine rings is 1. The lowest BCUT2D eigenvalue weighted by Gasteiger charge is -2.04. The van der Waals surface area contributed by atoms with E-state index >= 15 is 0 Å². The molecule has 0 aliphatic heterocycles. The van der Waals surface area contributed by atoms with Crippen molar-refractivity contribution in [3.05, 3.63) is 82.5 Å². The highest BCUT2D eigenvalue weighted by atomic mass is 32.2. The number of fused-ring (bicyclic) bond motifs is 1. The van der Waals surface area contributed by atoms with Crippen molar-refractivity contribution in [1.82, 2.24) is 19.4 Å². The van der Waals surface area contributed by atoms with Crippen LogP contribution in [0.2, 0.25) is 0 Å². The molecule has 0 spiro atoms. The number of hydrogen-bond acceptors (Lipinski definition) is 4. The standard InChI is InChI=1S/C19H16N4OS/c1-13-7-8-17-21-15(9-18(24)23(17)11-13)12-25-19-20-10-16(22-19)14-5-3-2-4-6-14/h2-11H,12H2,1H3,(H,20,22). The van der Waals surface area contributed by atoms with E-state index in [9.17, 15) is 4.79 Å². The first-order chi connectivity index (χ1) is 12.2. The van der Waals surface area contributed by atoms with Gasteiger partial charge in [-0.1, -0.05) is 48.2 Å². The summed E-state index contributed by atoms with van der Waals surface area (Å²) in [5.74, 6) is 0.585. The van der Waals surface area contributed by atoms with Crippen LogP contribution in [0.4, 0.5) is 0 Å². The van der Waals surface area contributed by atoms with Crippen LogP contribution in [-0.2, 0) is 5.75 Å². The van der Waals surface area contributed by atoms with Crippen LogP contribution in [0.15, 0.2) is 70.9 Å². The summed E-state index contributed by atoms with van der Waals surface area (Å²) in [6.45, 7) is 1.96. The number of aryl methyl sites for hydroxylation is 1. The number of thioether (sulfide) groups is 1. The molecule has 6 heteroatoms. The smallest absolute Gasteiger partial charge is 0.258 e. The Labute approximate surface area is 148 Å². The second-order valence-electron chi connectivity index (χ2n) is 5.78. The lowest BCUT2D eigenvalue weighted by Crippen LogP contribution is -2.15. The van der Waals surface area contributed by atoms with Crippen LogP contribution in [0.25, 0.3) is 16.9 Å². The zero-order valence-electron chi connectivity index (χ0n) is 13.6. The normalized spacial score (nSPS) is 11.1. The first-order valence-corrected chi connectivity index (χ1v) is 8.90. The molecule has 0 amide bonds. The maximum Gasteiger partial charge on any atom is 0.258 e. The van der Waals surface area contributed by atoms with Crippen molar-refractivity contribution in [2.45, 2.75) is 17.8 Å². The molecular weight excluding hydrogens is 332 g/mol. The number of rotatable bonds is 4. The SMILES string of the molecule is Cc1ccc2nc(CSc3ncc(-c4ccccc4)[nH]3)cc(=O)n2c1. The summed E-state index contributed by atoms with van der Waals surface area (Å²) in [7, 11) is 0. The maximum absolute atomic E-state index is 12.2. The first kappa shape index (κ1) is 15.7. The summed E-state index contributed by atoms with van der Waals surface area (Å²) in [6, 6.07) is 15.5. The third kappa shape index (κ3) is 3.34. The zero-order valence-corrected chi connectivity index (χ0v) is 14.5. The van der Waals surface area contributed by atoms with E-state index in [0.29, 0.717) is 11.4 Å². The van der Waals surface area contributed by atoms with E-state index in [1.54, 1.807) is 16.7 Å². The van der Waals surface area contributed by atoms with Crippen molar-refractivity contribution in [1.29, 1.82) is 0 Å². The molecule has 0 radical (unpaired) electrons. The molecule has 0 aliphatic carbocycles. The summed E-state index contributed by atoms with van der Waals surface area (Å²) in [5.41, 5.74) is 4.45. The lowest BCUT2D eigenvalue weighted by atomic mass is 10.2. The highest BCUT2D eigenvalue weighted by molar-refractivity contribution is 7.98. The van der Waals surface area contributed by atoms with Crippen LogP contribution in [0, 0.1) is 6.92 Å². The largest absolute Gasteiger partial charge is 0.333 e. The van der Waals surface area contributed by atoms with Gasteiger partial charge in [-0.25, -0.2) is 9.97 Å². The fraction of sp³-hybridized carbons (Fsp3) is 0.105. The highest BCUT2D eigenvalue weighted by Gasteiger charge is 2.07. The summed E-state index contributed by atoms with van der Waals surface area (Å²) >= 11 is 1.53. The van der Waals surface area contributed by atoms with Crippen LogP contribution in [0.5, 0.6) is 0 Å². The van der Waals surface area contributed by atoms with Gasteiger partial charge in [0, 0.05) is 18.0 Å². The van der Waals surface area contributed by atoms with E-state index < -0.39 is 0 Å². The fourth-order valence-electron chi connectivity index (χ4n) is 2.62. The second-order valence-corrected chi connectivity index (χ2v) is 6.74. The lowest BCUT2D eigenvalue weighted by molar-refractivity contribution is 0.997. The average Bonchev–Trinajstić information content (AvgIpc) is 3.10. The van der Waals surface area contributed by atoms with E-state index in [1.807, 2.05) is 55.6 Å². The molecule has 0 saturated carbocycles. The van der Waals surface area contributed by atoms with Gasteiger partial charge in [0.2, 0.25) is 0 Å². The minimum Gasteiger partial charge on any atom is -0.333 e. The Bertz CT molecular complexity index is 1090. The van der Waals surface area contributed by atoms with Gasteiger partial charge >= 0.3 is 0 Å². The van der Waals surface area contributed by atoms with Gasteiger partial charge in [0.1, 0.15) is 5.65 Å². The molecule has 4 rings (SSSR count). The van der Waals surface area contributed by atoms with Crippen molar-refractivity contribution in [3.63, 3.8) is 0 Å². The molecule has 3 aromatic heterocycles. The van der Waals surface area contributed by atoms with Gasteiger partial charge in [0.15, 0.2) is 5.16 Å². The van der Waals surface area contributed by atoms with Gasteiger partial charge in [-0.15, -0.1) is 0 Å². The third-order valence-corrected chi connectivity index (χ3v) is 4.78. The number of nitrogens with one attached hydrogen (secondary N) is 1.